The Labute approximate surface area is 317 Å². The molecule has 0 fully saturated rings. The number of nitrogens with zero attached hydrogens (tertiary/aromatic N) is 2. The second-order valence-electron chi connectivity index (χ2n) is 14.0. The van der Waals surface area contributed by atoms with Crippen molar-refractivity contribution in [2.24, 2.45) is 0 Å². The summed E-state index contributed by atoms with van der Waals surface area (Å²) in [7, 11) is 0. The Morgan fingerprint density at radius 1 is 0.364 bits per heavy atom. The van der Waals surface area contributed by atoms with Gasteiger partial charge in [0.2, 0.25) is 5.89 Å². The van der Waals surface area contributed by atoms with Crippen LogP contribution in [0.4, 0.5) is 17.1 Å². The Hall–Kier alpha value is -7.43. The minimum Gasteiger partial charge on any atom is -0.456 e. The Kier molecular flexibility index (Phi) is 7.14. The number of hydrogen-bond acceptors (Lipinski definition) is 4. The fourth-order valence-corrected chi connectivity index (χ4v) is 7.96. The summed E-state index contributed by atoms with van der Waals surface area (Å²) in [6.07, 6.45) is 0. The number of rotatable bonds is 6. The summed E-state index contributed by atoms with van der Waals surface area (Å²) in [4.78, 5) is 7.32. The molecule has 11 aromatic rings. The predicted molar refractivity (Wildman–Crippen MR) is 227 cm³/mol. The molecule has 4 heteroatoms. The highest BCUT2D eigenvalue weighted by atomic mass is 16.3. The molecule has 0 spiro atoms. The fourth-order valence-electron chi connectivity index (χ4n) is 7.96. The molecule has 2 aromatic heterocycles. The summed E-state index contributed by atoms with van der Waals surface area (Å²) in [5.74, 6) is 0.579. The molecule has 0 atom stereocenters. The number of benzene rings is 9. The maximum atomic E-state index is 6.61. The monoisotopic (exact) mass is 704 g/mol. The number of furan rings is 1. The van der Waals surface area contributed by atoms with Crippen LogP contribution in [-0.4, -0.2) is 4.98 Å². The lowest BCUT2D eigenvalue weighted by Crippen LogP contribution is -2.09. The molecule has 0 aliphatic rings. The molecule has 0 amide bonds. The first-order chi connectivity index (χ1) is 27.2. The van der Waals surface area contributed by atoms with E-state index in [1.807, 2.05) is 36.4 Å². The Balaban J connectivity index is 1.02. The van der Waals surface area contributed by atoms with Crippen LogP contribution in [0.5, 0.6) is 0 Å². The van der Waals surface area contributed by atoms with Crippen molar-refractivity contribution in [2.45, 2.75) is 0 Å². The lowest BCUT2D eigenvalue weighted by atomic mass is 10.0. The van der Waals surface area contributed by atoms with Crippen molar-refractivity contribution in [1.29, 1.82) is 0 Å². The van der Waals surface area contributed by atoms with E-state index in [2.05, 4.69) is 163 Å². The van der Waals surface area contributed by atoms with Crippen molar-refractivity contribution in [3.63, 3.8) is 0 Å². The van der Waals surface area contributed by atoms with Crippen LogP contribution in [0.1, 0.15) is 0 Å². The summed E-state index contributed by atoms with van der Waals surface area (Å²) < 4.78 is 13.0. The van der Waals surface area contributed by atoms with Gasteiger partial charge in [0.15, 0.2) is 5.58 Å². The third-order valence-corrected chi connectivity index (χ3v) is 10.7. The maximum absolute atomic E-state index is 6.61. The van der Waals surface area contributed by atoms with Crippen molar-refractivity contribution in [3.05, 3.63) is 194 Å². The van der Waals surface area contributed by atoms with Crippen molar-refractivity contribution >= 4 is 71.6 Å². The predicted octanol–water partition coefficient (Wildman–Crippen LogP) is 14.5. The van der Waals surface area contributed by atoms with Gasteiger partial charge >= 0.3 is 0 Å². The summed E-state index contributed by atoms with van der Waals surface area (Å²) in [5, 5.41) is 6.67. The quantitative estimate of drug-likeness (QED) is 0.173. The molecule has 55 heavy (non-hydrogen) atoms. The lowest BCUT2D eigenvalue weighted by Gasteiger charge is -2.26. The van der Waals surface area contributed by atoms with Gasteiger partial charge in [0.05, 0.1) is 0 Å². The molecule has 0 unspecified atom stereocenters. The Morgan fingerprint density at radius 3 is 1.80 bits per heavy atom. The van der Waals surface area contributed by atoms with E-state index in [4.69, 9.17) is 13.8 Å². The minimum atomic E-state index is 0.579. The topological polar surface area (TPSA) is 42.4 Å². The molecule has 11 rings (SSSR count). The maximum Gasteiger partial charge on any atom is 0.228 e. The highest BCUT2D eigenvalue weighted by molar-refractivity contribution is 6.13. The van der Waals surface area contributed by atoms with Gasteiger partial charge in [0.1, 0.15) is 16.7 Å². The van der Waals surface area contributed by atoms with E-state index in [1.54, 1.807) is 0 Å². The summed E-state index contributed by atoms with van der Waals surface area (Å²) in [5.41, 5.74) is 11.9. The van der Waals surface area contributed by atoms with Crippen LogP contribution in [0.15, 0.2) is 203 Å². The average Bonchev–Trinajstić information content (AvgIpc) is 3.87. The molecule has 4 nitrogen and oxygen atoms in total. The molecule has 0 saturated carbocycles. The van der Waals surface area contributed by atoms with Crippen molar-refractivity contribution in [3.8, 4) is 33.7 Å². The SMILES string of the molecule is c1ccc(-c2ccc(N(c3ccc(-c4ccc5ccccc5c4)cc3)c3ccc4c(c3)oc3cccc(-c5nc6c(ccc7ccccc76)o5)c34)cc2)cc1. The Morgan fingerprint density at radius 2 is 1.00 bits per heavy atom. The Bertz CT molecular complexity index is 3200. The van der Waals surface area contributed by atoms with E-state index in [0.29, 0.717) is 5.89 Å². The minimum absolute atomic E-state index is 0.579. The van der Waals surface area contributed by atoms with E-state index >= 15 is 0 Å². The first-order valence-corrected chi connectivity index (χ1v) is 18.5. The molecule has 0 saturated heterocycles. The summed E-state index contributed by atoms with van der Waals surface area (Å²) >= 11 is 0. The van der Waals surface area contributed by atoms with Crippen molar-refractivity contribution in [1.82, 2.24) is 4.98 Å². The van der Waals surface area contributed by atoms with Crippen LogP contribution >= 0.6 is 0 Å². The number of aromatic nitrogens is 1. The second kappa shape index (κ2) is 12.6. The second-order valence-corrected chi connectivity index (χ2v) is 14.0. The van der Waals surface area contributed by atoms with Gasteiger partial charge in [-0.1, -0.05) is 127 Å². The molecule has 0 radical (unpaired) electrons. The zero-order valence-electron chi connectivity index (χ0n) is 29.7. The zero-order chi connectivity index (χ0) is 36.3. The van der Waals surface area contributed by atoms with E-state index < -0.39 is 0 Å². The first-order valence-electron chi connectivity index (χ1n) is 18.5. The third-order valence-electron chi connectivity index (χ3n) is 10.7. The van der Waals surface area contributed by atoms with Gasteiger partial charge in [-0.2, -0.15) is 0 Å². The molecule has 0 aliphatic heterocycles. The highest BCUT2D eigenvalue weighted by Crippen LogP contribution is 2.42. The average molecular weight is 705 g/mol. The fraction of sp³-hybridized carbons (Fsp3) is 0. The van der Waals surface area contributed by atoms with Gasteiger partial charge in [-0.15, -0.1) is 0 Å². The smallest absolute Gasteiger partial charge is 0.228 e. The van der Waals surface area contributed by atoms with Crippen molar-refractivity contribution in [2.75, 3.05) is 4.90 Å². The van der Waals surface area contributed by atoms with Crippen LogP contribution in [-0.2, 0) is 0 Å². The van der Waals surface area contributed by atoms with E-state index in [9.17, 15) is 0 Å². The largest absolute Gasteiger partial charge is 0.456 e. The third kappa shape index (κ3) is 5.34. The molecular formula is C51H32N2O2. The molecule has 0 aliphatic carbocycles. The van der Waals surface area contributed by atoms with Gasteiger partial charge in [-0.3, -0.25) is 0 Å². The van der Waals surface area contributed by atoms with Gasteiger partial charge in [-0.05, 0) is 99.1 Å². The summed E-state index contributed by atoms with van der Waals surface area (Å²) in [6.45, 7) is 0. The van der Waals surface area contributed by atoms with Gasteiger partial charge < -0.3 is 13.7 Å². The summed E-state index contributed by atoms with van der Waals surface area (Å²) in [6, 6.07) is 68.2. The van der Waals surface area contributed by atoms with Crippen LogP contribution < -0.4 is 4.90 Å². The molecule has 2 heterocycles. The highest BCUT2D eigenvalue weighted by Gasteiger charge is 2.20. The molecule has 9 aromatic carbocycles. The first kappa shape index (κ1) is 31.1. The normalized spacial score (nSPS) is 11.6. The number of hydrogen-bond donors (Lipinski definition) is 0. The van der Waals surface area contributed by atoms with Crippen LogP contribution in [0.25, 0.3) is 88.3 Å². The number of anilines is 3. The standard InChI is InChI=1S/C51H32N2O2/c1-2-9-33(10-3-1)35-19-24-40(25-20-35)53(41-26-21-36(22-27-41)39-18-17-34-11-4-5-13-38(34)31-39)42-28-29-44-48(32-42)54-46-16-8-15-45(49(44)46)51-52-50-43-14-7-6-12-37(43)23-30-47(50)55-51/h1-32H. The van der Waals surface area contributed by atoms with E-state index in [1.165, 1.54) is 33.0 Å². The number of fused-ring (bicyclic) bond motifs is 7. The molecule has 258 valence electrons. The van der Waals surface area contributed by atoms with E-state index in [-0.39, 0.29) is 0 Å². The lowest BCUT2D eigenvalue weighted by molar-refractivity contribution is 0.620. The van der Waals surface area contributed by atoms with Crippen LogP contribution in [0, 0.1) is 0 Å². The van der Waals surface area contributed by atoms with Crippen molar-refractivity contribution < 1.29 is 8.83 Å². The number of oxazole rings is 1. The van der Waals surface area contributed by atoms with Gasteiger partial charge in [-0.25, -0.2) is 4.98 Å². The molecular weight excluding hydrogens is 673 g/mol. The molecule has 0 N–H and O–H groups in total. The van der Waals surface area contributed by atoms with Crippen LogP contribution in [0.3, 0.4) is 0 Å². The van der Waals surface area contributed by atoms with E-state index in [0.717, 1.165) is 66.4 Å². The van der Waals surface area contributed by atoms with Gasteiger partial charge in [0.25, 0.3) is 0 Å². The van der Waals surface area contributed by atoms with Gasteiger partial charge in [0, 0.05) is 44.9 Å². The zero-order valence-corrected chi connectivity index (χ0v) is 29.7. The molecule has 0 bridgehead atoms. The van der Waals surface area contributed by atoms with Crippen LogP contribution in [0.2, 0.25) is 0 Å².